The lowest BCUT2D eigenvalue weighted by molar-refractivity contribution is -0.157. The number of carbonyl (C=O) groups excluding carboxylic acids is 2. The van der Waals surface area contributed by atoms with Crippen LogP contribution in [0.2, 0.25) is 0 Å². The van der Waals surface area contributed by atoms with Crippen molar-refractivity contribution in [1.82, 2.24) is 14.9 Å². The first kappa shape index (κ1) is 24.8. The molecular weight excluding hydrogens is 483 g/mol. The number of hydrogen-bond donors (Lipinski definition) is 3. The summed E-state index contributed by atoms with van der Waals surface area (Å²) in [5.41, 5.74) is 8.67. The lowest BCUT2D eigenvalue weighted by Gasteiger charge is -2.21. The minimum atomic E-state index is -1.55. The summed E-state index contributed by atoms with van der Waals surface area (Å²) in [6.07, 6.45) is 2.76. The van der Waals surface area contributed by atoms with Crippen molar-refractivity contribution < 1.29 is 28.6 Å². The molecule has 0 saturated carbocycles. The number of amides is 1. The topological polar surface area (TPSA) is 146 Å². The van der Waals surface area contributed by atoms with Crippen molar-refractivity contribution in [1.29, 1.82) is 0 Å². The molecule has 0 aliphatic carbocycles. The van der Waals surface area contributed by atoms with Crippen LogP contribution in [-0.2, 0) is 32.2 Å². The largest absolute Gasteiger partial charge is 0.458 e. The number of hydrogen-bond acceptors (Lipinski definition) is 8. The predicted octanol–water partition coefficient (Wildman–Crippen LogP) is 1.42. The van der Waals surface area contributed by atoms with Gasteiger partial charge in [-0.15, -0.1) is 0 Å². The average Bonchev–Trinajstić information content (AvgIpc) is 3.25. The number of benzene rings is 1. The third-order valence-corrected chi connectivity index (χ3v) is 6.55. The Bertz CT molecular complexity index is 1530. The minimum absolute atomic E-state index is 0.0525. The predicted molar refractivity (Wildman–Crippen MR) is 132 cm³/mol. The Hall–Kier alpha value is -3.93. The third kappa shape index (κ3) is 4.41. The number of esters is 1. The number of aliphatic hydroxyl groups is 1. The molecular formula is C26H25FN4O6. The Morgan fingerprint density at radius 1 is 1.35 bits per heavy atom. The van der Waals surface area contributed by atoms with E-state index in [1.165, 1.54) is 10.6 Å². The molecule has 2 aliphatic rings. The number of aromatic nitrogens is 2. The number of rotatable bonds is 7. The van der Waals surface area contributed by atoms with Crippen molar-refractivity contribution in [3.63, 3.8) is 0 Å². The maximum absolute atomic E-state index is 14.5. The van der Waals surface area contributed by atoms with Crippen molar-refractivity contribution in [3.8, 4) is 11.4 Å². The zero-order chi connectivity index (χ0) is 26.3. The van der Waals surface area contributed by atoms with Gasteiger partial charge in [0.05, 0.1) is 42.2 Å². The normalized spacial score (nSPS) is 16.0. The highest BCUT2D eigenvalue weighted by molar-refractivity contribution is 5.94. The Morgan fingerprint density at radius 2 is 2.16 bits per heavy atom. The van der Waals surface area contributed by atoms with Crippen LogP contribution in [0.3, 0.4) is 0 Å². The molecule has 0 spiro atoms. The summed E-state index contributed by atoms with van der Waals surface area (Å²) in [5, 5.41) is 13.6. The molecule has 192 valence electrons. The van der Waals surface area contributed by atoms with Crippen LogP contribution in [-0.4, -0.2) is 46.4 Å². The molecule has 5 rings (SSSR count). The number of halogens is 1. The van der Waals surface area contributed by atoms with Crippen molar-refractivity contribution in [2.45, 2.75) is 32.6 Å². The molecule has 0 unspecified atom stereocenters. The molecule has 1 atom stereocenters. The number of fused-ring (bicyclic) bond motifs is 5. The van der Waals surface area contributed by atoms with Crippen LogP contribution in [0, 0.1) is 12.7 Å². The van der Waals surface area contributed by atoms with Crippen LogP contribution in [0.1, 0.15) is 40.3 Å². The zero-order valence-electron chi connectivity index (χ0n) is 20.0. The van der Waals surface area contributed by atoms with E-state index < -0.39 is 17.9 Å². The van der Waals surface area contributed by atoms with Crippen LogP contribution < -0.4 is 16.6 Å². The average molecular weight is 509 g/mol. The second-order valence-corrected chi connectivity index (χ2v) is 8.88. The van der Waals surface area contributed by atoms with Gasteiger partial charge in [0.2, 0.25) is 5.91 Å². The van der Waals surface area contributed by atoms with Gasteiger partial charge in [-0.2, -0.15) is 0 Å². The molecule has 10 nitrogen and oxygen atoms in total. The number of nitrogens with one attached hydrogen (secondary N) is 1. The Morgan fingerprint density at radius 3 is 2.95 bits per heavy atom. The van der Waals surface area contributed by atoms with Gasteiger partial charge in [-0.25, -0.2) is 14.2 Å². The lowest BCUT2D eigenvalue weighted by atomic mass is 9.97. The fraction of sp³-hybridized carbons (Fsp3) is 0.308. The van der Waals surface area contributed by atoms with Crippen LogP contribution >= 0.6 is 0 Å². The van der Waals surface area contributed by atoms with Gasteiger partial charge < -0.3 is 30.2 Å². The fourth-order valence-corrected chi connectivity index (χ4v) is 4.61. The fourth-order valence-electron chi connectivity index (χ4n) is 4.61. The van der Waals surface area contributed by atoms with E-state index in [9.17, 15) is 23.9 Å². The Labute approximate surface area is 210 Å². The number of pyridine rings is 2. The molecule has 0 fully saturated rings. The quantitative estimate of drug-likeness (QED) is 0.193. The summed E-state index contributed by atoms with van der Waals surface area (Å²) in [5.74, 6) is -1.52. The SMILES string of the molecule is Cc1cc2c(/C=C/CCOCNC(=O)CN)c3c(nc2cc1F)-c1cc2c(c(=O)n1C3)COC(=O)[C@H]2O. The van der Waals surface area contributed by atoms with Gasteiger partial charge in [0.1, 0.15) is 19.2 Å². The third-order valence-electron chi connectivity index (χ3n) is 6.55. The van der Waals surface area contributed by atoms with Gasteiger partial charge in [0.15, 0.2) is 6.10 Å². The summed E-state index contributed by atoms with van der Waals surface area (Å²) in [4.78, 5) is 41.0. The van der Waals surface area contributed by atoms with E-state index in [-0.39, 0.29) is 49.0 Å². The summed E-state index contributed by atoms with van der Waals surface area (Å²) >= 11 is 0. The molecule has 1 aromatic carbocycles. The first-order valence-corrected chi connectivity index (χ1v) is 11.8. The van der Waals surface area contributed by atoms with Gasteiger partial charge in [-0.3, -0.25) is 9.59 Å². The molecule has 3 aromatic rings. The first-order valence-electron chi connectivity index (χ1n) is 11.8. The number of nitrogens with zero attached hydrogens (tertiary/aromatic N) is 2. The summed E-state index contributed by atoms with van der Waals surface area (Å²) in [6.45, 7) is 1.97. The van der Waals surface area contributed by atoms with Crippen LogP contribution in [0.4, 0.5) is 4.39 Å². The van der Waals surface area contributed by atoms with Gasteiger partial charge in [-0.1, -0.05) is 12.2 Å². The Balaban J connectivity index is 1.54. The summed E-state index contributed by atoms with van der Waals surface area (Å²) < 4.78 is 26.3. The van der Waals surface area contributed by atoms with E-state index in [1.807, 2.05) is 12.2 Å². The minimum Gasteiger partial charge on any atom is -0.458 e. The maximum atomic E-state index is 14.5. The van der Waals surface area contributed by atoms with Crippen molar-refractivity contribution >= 4 is 28.9 Å². The number of aryl methyl sites for hydroxylation is 1. The lowest BCUT2D eigenvalue weighted by Crippen LogP contribution is -2.32. The molecule has 0 bridgehead atoms. The number of cyclic esters (lactones) is 1. The second kappa shape index (κ2) is 9.85. The molecule has 0 radical (unpaired) electrons. The highest BCUT2D eigenvalue weighted by Gasteiger charge is 2.34. The monoisotopic (exact) mass is 508 g/mol. The molecule has 37 heavy (non-hydrogen) atoms. The van der Waals surface area contributed by atoms with Crippen LogP contribution in [0.25, 0.3) is 28.4 Å². The molecule has 11 heteroatoms. The van der Waals surface area contributed by atoms with E-state index >= 15 is 0 Å². The van der Waals surface area contributed by atoms with Gasteiger partial charge in [0, 0.05) is 22.6 Å². The van der Waals surface area contributed by atoms with E-state index in [1.54, 1.807) is 19.1 Å². The van der Waals surface area contributed by atoms with Crippen LogP contribution in [0.5, 0.6) is 0 Å². The second-order valence-electron chi connectivity index (χ2n) is 8.88. The number of aliphatic hydroxyl groups excluding tert-OH is 1. The standard InChI is InChI=1S/C26H25FN4O6/c1-13-6-15-14(4-2-3-5-36-12-29-22(32)9-28)17-10-31-21(23(17)30-20(15)8-19(13)27)7-16-18(25(31)34)11-37-26(35)24(16)33/h2,4,6-8,24,33H,3,5,9-12,28H2,1H3,(H,29,32)/b4-2+/t24-/m0/s1. The van der Waals surface area contributed by atoms with E-state index in [0.717, 1.165) is 16.5 Å². The summed E-state index contributed by atoms with van der Waals surface area (Å²) in [6, 6.07) is 4.68. The molecule has 4 heterocycles. The molecule has 0 saturated heterocycles. The van der Waals surface area contributed by atoms with Crippen molar-refractivity contribution in [3.05, 3.63) is 68.3 Å². The smallest absolute Gasteiger partial charge is 0.340 e. The van der Waals surface area contributed by atoms with Crippen molar-refractivity contribution in [2.75, 3.05) is 19.9 Å². The van der Waals surface area contributed by atoms with Gasteiger partial charge in [0.25, 0.3) is 5.56 Å². The van der Waals surface area contributed by atoms with E-state index in [4.69, 9.17) is 15.2 Å². The molecule has 4 N–H and O–H groups in total. The highest BCUT2D eigenvalue weighted by atomic mass is 19.1. The molecule has 2 aliphatic heterocycles. The number of ether oxygens (including phenoxy) is 2. The maximum Gasteiger partial charge on any atom is 0.340 e. The van der Waals surface area contributed by atoms with Gasteiger partial charge in [-0.05, 0) is 36.6 Å². The first-order chi connectivity index (χ1) is 17.8. The molecule has 2 aromatic heterocycles. The number of carbonyl (C=O) groups is 2. The molecule has 1 amide bonds. The number of nitrogens with two attached hydrogens (primary N) is 1. The highest BCUT2D eigenvalue weighted by Crippen LogP contribution is 2.38. The van der Waals surface area contributed by atoms with E-state index in [2.05, 4.69) is 10.3 Å². The summed E-state index contributed by atoms with van der Waals surface area (Å²) in [7, 11) is 0. The van der Waals surface area contributed by atoms with Crippen molar-refractivity contribution in [2.24, 2.45) is 5.73 Å². The zero-order valence-corrected chi connectivity index (χ0v) is 20.0. The Kier molecular flexibility index (Phi) is 6.59. The van der Waals surface area contributed by atoms with Crippen LogP contribution in [0.15, 0.2) is 29.1 Å². The van der Waals surface area contributed by atoms with Gasteiger partial charge >= 0.3 is 5.97 Å². The van der Waals surface area contributed by atoms with E-state index in [0.29, 0.717) is 35.5 Å².